The number of anilines is 1. The van der Waals surface area contributed by atoms with E-state index < -0.39 is 33.8 Å². The molecule has 1 aromatic rings. The van der Waals surface area contributed by atoms with Gasteiger partial charge in [-0.15, -0.1) is 0 Å². The molecule has 0 spiro atoms. The average molecular weight is 244 g/mol. The number of carbonyl (C=O) groups is 1. The predicted molar refractivity (Wildman–Crippen MR) is 56.6 cm³/mol. The van der Waals surface area contributed by atoms with Crippen LogP contribution in [0.5, 0.6) is 0 Å². The van der Waals surface area contributed by atoms with Gasteiger partial charge >= 0.3 is 5.69 Å². The molecule has 0 atom stereocenters. The first-order chi connectivity index (χ1) is 7.95. The zero-order valence-electron chi connectivity index (χ0n) is 9.00. The lowest BCUT2D eigenvalue weighted by Crippen LogP contribution is -2.12. The van der Waals surface area contributed by atoms with E-state index >= 15 is 0 Å². The highest BCUT2D eigenvalue weighted by Gasteiger charge is 2.19. The van der Waals surface area contributed by atoms with E-state index in [4.69, 9.17) is 0 Å². The quantitative estimate of drug-likeness (QED) is 0.653. The summed E-state index contributed by atoms with van der Waals surface area (Å²) < 4.78 is 26.2. The number of nitro groups is 1. The van der Waals surface area contributed by atoms with Crippen molar-refractivity contribution in [3.8, 4) is 0 Å². The smallest absolute Gasteiger partial charge is 0.307 e. The fraction of sp³-hybridized carbons (Fsp3) is 0.300. The van der Waals surface area contributed by atoms with Gasteiger partial charge in [0.05, 0.1) is 10.6 Å². The number of benzene rings is 1. The summed E-state index contributed by atoms with van der Waals surface area (Å²) in [5.74, 6) is -2.80. The standard InChI is InChI=1S/C10H10F2N2O3/c1-2-3-10(15)13-8-5-9(14(16)17)7(12)4-6(8)11/h4-5H,2-3H2,1H3,(H,13,15). The molecule has 92 valence electrons. The molecule has 0 aromatic heterocycles. The van der Waals surface area contributed by atoms with E-state index in [2.05, 4.69) is 5.32 Å². The van der Waals surface area contributed by atoms with E-state index in [0.29, 0.717) is 18.6 Å². The molecule has 0 aliphatic carbocycles. The van der Waals surface area contributed by atoms with Crippen LogP contribution >= 0.6 is 0 Å². The molecule has 0 aliphatic heterocycles. The van der Waals surface area contributed by atoms with Crippen molar-refractivity contribution in [2.75, 3.05) is 5.32 Å². The Morgan fingerprint density at radius 2 is 2.06 bits per heavy atom. The summed E-state index contributed by atoms with van der Waals surface area (Å²) in [7, 11) is 0. The molecular formula is C10H10F2N2O3. The lowest BCUT2D eigenvalue weighted by Gasteiger charge is -2.05. The molecule has 7 heteroatoms. The maximum absolute atomic E-state index is 13.2. The highest BCUT2D eigenvalue weighted by molar-refractivity contribution is 5.91. The van der Waals surface area contributed by atoms with Crippen molar-refractivity contribution in [1.82, 2.24) is 0 Å². The van der Waals surface area contributed by atoms with Gasteiger partial charge in [-0.25, -0.2) is 4.39 Å². The van der Waals surface area contributed by atoms with Gasteiger partial charge in [0.25, 0.3) is 0 Å². The molecule has 0 saturated carbocycles. The summed E-state index contributed by atoms with van der Waals surface area (Å²) in [6.45, 7) is 1.75. The molecule has 1 aromatic carbocycles. The van der Waals surface area contributed by atoms with Crippen LogP contribution in [0.25, 0.3) is 0 Å². The second-order valence-corrected chi connectivity index (χ2v) is 3.34. The van der Waals surface area contributed by atoms with Crippen LogP contribution in [0, 0.1) is 21.7 Å². The van der Waals surface area contributed by atoms with E-state index in [0.717, 1.165) is 0 Å². The molecular weight excluding hydrogens is 234 g/mol. The van der Waals surface area contributed by atoms with Crippen LogP contribution in [-0.2, 0) is 4.79 Å². The normalized spacial score (nSPS) is 10.1. The van der Waals surface area contributed by atoms with Crippen LogP contribution in [0.3, 0.4) is 0 Å². The molecule has 0 radical (unpaired) electrons. The van der Waals surface area contributed by atoms with Gasteiger partial charge < -0.3 is 5.32 Å². The molecule has 0 saturated heterocycles. The summed E-state index contributed by atoms with van der Waals surface area (Å²) >= 11 is 0. The number of hydrogen-bond donors (Lipinski definition) is 1. The van der Waals surface area contributed by atoms with Crippen LogP contribution in [-0.4, -0.2) is 10.8 Å². The number of nitrogens with one attached hydrogen (secondary N) is 1. The summed E-state index contributed by atoms with van der Waals surface area (Å²) in [6, 6.07) is 1.04. The first kappa shape index (κ1) is 13.0. The van der Waals surface area contributed by atoms with Crippen molar-refractivity contribution in [1.29, 1.82) is 0 Å². The predicted octanol–water partition coefficient (Wildman–Crippen LogP) is 2.61. The van der Waals surface area contributed by atoms with Gasteiger partial charge in [-0.05, 0) is 6.42 Å². The Morgan fingerprint density at radius 3 is 2.59 bits per heavy atom. The highest BCUT2D eigenvalue weighted by Crippen LogP contribution is 2.25. The van der Waals surface area contributed by atoms with Crippen LogP contribution in [0.1, 0.15) is 19.8 Å². The second kappa shape index (κ2) is 5.33. The van der Waals surface area contributed by atoms with Crippen LogP contribution in [0.4, 0.5) is 20.2 Å². The molecule has 0 aliphatic rings. The van der Waals surface area contributed by atoms with E-state index in [1.165, 1.54) is 0 Å². The number of nitro benzene ring substituents is 1. The Bertz CT molecular complexity index is 463. The minimum atomic E-state index is -1.28. The van der Waals surface area contributed by atoms with Gasteiger partial charge in [0, 0.05) is 18.6 Å². The Labute approximate surface area is 95.6 Å². The second-order valence-electron chi connectivity index (χ2n) is 3.34. The molecule has 17 heavy (non-hydrogen) atoms. The minimum Gasteiger partial charge on any atom is -0.323 e. The van der Waals surface area contributed by atoms with Crippen molar-refractivity contribution < 1.29 is 18.5 Å². The number of halogens is 2. The Morgan fingerprint density at radius 1 is 1.41 bits per heavy atom. The van der Waals surface area contributed by atoms with Crippen LogP contribution in [0.2, 0.25) is 0 Å². The van der Waals surface area contributed by atoms with Crippen molar-refractivity contribution in [2.45, 2.75) is 19.8 Å². The Hall–Kier alpha value is -2.05. The summed E-state index contributed by atoms with van der Waals surface area (Å²) in [5, 5.41) is 12.6. The lowest BCUT2D eigenvalue weighted by atomic mass is 10.2. The third-order valence-electron chi connectivity index (χ3n) is 1.98. The third-order valence-corrected chi connectivity index (χ3v) is 1.98. The molecule has 0 fully saturated rings. The average Bonchev–Trinajstić information content (AvgIpc) is 2.21. The SMILES string of the molecule is CCCC(=O)Nc1cc([N+](=O)[O-])c(F)cc1F. The summed E-state index contributed by atoms with van der Waals surface area (Å²) in [6.07, 6.45) is 0.710. The Balaban J connectivity index is 3.03. The van der Waals surface area contributed by atoms with Gasteiger partial charge in [0.2, 0.25) is 11.7 Å². The summed E-state index contributed by atoms with van der Waals surface area (Å²) in [4.78, 5) is 20.6. The fourth-order valence-electron chi connectivity index (χ4n) is 1.21. The van der Waals surface area contributed by atoms with Crippen LogP contribution < -0.4 is 5.32 Å². The van der Waals surface area contributed by atoms with Gasteiger partial charge in [-0.3, -0.25) is 14.9 Å². The van der Waals surface area contributed by atoms with Gasteiger partial charge in [0.1, 0.15) is 5.82 Å². The minimum absolute atomic E-state index is 0.157. The monoisotopic (exact) mass is 244 g/mol. The van der Waals surface area contributed by atoms with Crippen molar-refractivity contribution in [3.05, 3.63) is 33.9 Å². The molecule has 1 N–H and O–H groups in total. The number of hydrogen-bond acceptors (Lipinski definition) is 3. The van der Waals surface area contributed by atoms with Crippen molar-refractivity contribution >= 4 is 17.3 Å². The number of carbonyl (C=O) groups excluding carboxylic acids is 1. The van der Waals surface area contributed by atoms with E-state index in [1.807, 2.05) is 0 Å². The van der Waals surface area contributed by atoms with Gasteiger partial charge in [-0.1, -0.05) is 6.92 Å². The largest absolute Gasteiger partial charge is 0.323 e. The van der Waals surface area contributed by atoms with Crippen molar-refractivity contribution in [2.24, 2.45) is 0 Å². The van der Waals surface area contributed by atoms with Gasteiger partial charge in [0.15, 0.2) is 0 Å². The highest BCUT2D eigenvalue weighted by atomic mass is 19.1. The molecule has 0 bridgehead atoms. The molecule has 0 heterocycles. The first-order valence-corrected chi connectivity index (χ1v) is 4.89. The number of nitrogens with zero attached hydrogens (tertiary/aromatic N) is 1. The topological polar surface area (TPSA) is 72.2 Å². The fourth-order valence-corrected chi connectivity index (χ4v) is 1.21. The van der Waals surface area contributed by atoms with Crippen LogP contribution in [0.15, 0.2) is 12.1 Å². The molecule has 0 unspecified atom stereocenters. The Kier molecular flexibility index (Phi) is 4.08. The van der Waals surface area contributed by atoms with E-state index in [1.54, 1.807) is 6.92 Å². The molecule has 5 nitrogen and oxygen atoms in total. The lowest BCUT2D eigenvalue weighted by molar-refractivity contribution is -0.387. The first-order valence-electron chi connectivity index (χ1n) is 4.89. The maximum Gasteiger partial charge on any atom is 0.307 e. The van der Waals surface area contributed by atoms with E-state index in [9.17, 15) is 23.7 Å². The molecule has 1 amide bonds. The van der Waals surface area contributed by atoms with Crippen molar-refractivity contribution in [3.63, 3.8) is 0 Å². The zero-order chi connectivity index (χ0) is 13.0. The van der Waals surface area contributed by atoms with E-state index in [-0.39, 0.29) is 6.42 Å². The summed E-state index contributed by atoms with van der Waals surface area (Å²) in [5.41, 5.74) is -1.27. The third kappa shape index (κ3) is 3.20. The number of amides is 1. The number of rotatable bonds is 4. The van der Waals surface area contributed by atoms with Gasteiger partial charge in [-0.2, -0.15) is 4.39 Å². The maximum atomic E-state index is 13.2. The molecule has 1 rings (SSSR count). The zero-order valence-corrected chi connectivity index (χ0v) is 9.00.